The van der Waals surface area contributed by atoms with E-state index >= 15 is 0 Å². The van der Waals surface area contributed by atoms with Crippen LogP contribution in [0.4, 0.5) is 0 Å². The summed E-state index contributed by atoms with van der Waals surface area (Å²) in [6.07, 6.45) is 5.84. The highest BCUT2D eigenvalue weighted by Crippen LogP contribution is 2.30. The van der Waals surface area contributed by atoms with E-state index in [0.717, 1.165) is 41.6 Å². The van der Waals surface area contributed by atoms with E-state index < -0.39 is 0 Å². The number of aromatic nitrogens is 1. The number of rotatable bonds is 10. The predicted molar refractivity (Wildman–Crippen MR) is 134 cm³/mol. The number of amides is 1. The molecule has 2 heterocycles. The first-order chi connectivity index (χ1) is 16.3. The van der Waals surface area contributed by atoms with Gasteiger partial charge in [0.05, 0.1) is 18.4 Å². The fraction of sp³-hybridized carbons (Fsp3) is 0.556. The third-order valence-electron chi connectivity index (χ3n) is 6.71. The number of nitrogens with zero attached hydrogens (tertiary/aromatic N) is 2. The molecule has 1 fully saturated rings. The molecule has 2 aromatic rings. The third kappa shape index (κ3) is 6.86. The van der Waals surface area contributed by atoms with Gasteiger partial charge in [-0.1, -0.05) is 32.0 Å². The first-order valence-electron chi connectivity index (χ1n) is 12.2. The molecule has 0 spiro atoms. The van der Waals surface area contributed by atoms with Crippen LogP contribution in [-0.2, 0) is 11.4 Å². The fourth-order valence-corrected chi connectivity index (χ4v) is 4.35. The number of aryl methyl sites for hydroxylation is 2. The largest absolute Gasteiger partial charge is 0.493 e. The van der Waals surface area contributed by atoms with Crippen LogP contribution >= 0.6 is 0 Å². The Balaban J connectivity index is 1.56. The van der Waals surface area contributed by atoms with Crippen molar-refractivity contribution in [3.63, 3.8) is 0 Å². The number of ether oxygens (including phenoxy) is 2. The van der Waals surface area contributed by atoms with Crippen molar-refractivity contribution < 1.29 is 18.8 Å². The van der Waals surface area contributed by atoms with Gasteiger partial charge in [-0.3, -0.25) is 9.69 Å². The van der Waals surface area contributed by atoms with Crippen LogP contribution in [0.1, 0.15) is 56.2 Å². The zero-order chi connectivity index (χ0) is 24.7. The number of carbonyl (C=O) groups is 1. The minimum atomic E-state index is -0.0891. The fourth-order valence-electron chi connectivity index (χ4n) is 4.35. The van der Waals surface area contributed by atoms with E-state index in [1.54, 1.807) is 19.3 Å². The van der Waals surface area contributed by atoms with Crippen LogP contribution < -0.4 is 14.8 Å². The van der Waals surface area contributed by atoms with Crippen molar-refractivity contribution in [1.82, 2.24) is 15.4 Å². The Labute approximate surface area is 203 Å². The summed E-state index contributed by atoms with van der Waals surface area (Å²) in [5, 5.41) is 7.05. The quantitative estimate of drug-likeness (QED) is 0.506. The molecule has 34 heavy (non-hydrogen) atoms. The van der Waals surface area contributed by atoms with Crippen molar-refractivity contribution in [2.45, 2.75) is 60.1 Å². The molecule has 1 aromatic heterocycles. The minimum absolute atomic E-state index is 0.0891. The summed E-state index contributed by atoms with van der Waals surface area (Å²) in [4.78, 5) is 15.0. The number of likely N-dealkylation sites (tertiary alicyclic amines) is 1. The molecule has 1 N–H and O–H groups in total. The molecule has 7 heteroatoms. The maximum absolute atomic E-state index is 12.5. The van der Waals surface area contributed by atoms with Crippen molar-refractivity contribution in [2.24, 2.45) is 11.8 Å². The Bertz CT molecular complexity index is 955. The minimum Gasteiger partial charge on any atom is -0.493 e. The number of piperidine rings is 1. The van der Waals surface area contributed by atoms with Crippen LogP contribution in [0.3, 0.4) is 0 Å². The summed E-state index contributed by atoms with van der Waals surface area (Å²) in [5.74, 6) is 3.17. The van der Waals surface area contributed by atoms with Gasteiger partial charge in [0, 0.05) is 18.7 Å². The van der Waals surface area contributed by atoms with Crippen LogP contribution in [0, 0.1) is 25.7 Å². The van der Waals surface area contributed by atoms with Crippen molar-refractivity contribution in [1.29, 1.82) is 0 Å². The van der Waals surface area contributed by atoms with Gasteiger partial charge in [-0.05, 0) is 75.4 Å². The standard InChI is InChI=1S/C27H39N3O4/c1-18(2)24(30-13-11-19(3)12-14-30)16-28-27(31)10-8-22-7-9-25(26(15-22)32-6)33-17-23-20(4)29-34-21(23)5/h7-10,15,18-19,24H,11-14,16-17H2,1-6H3,(H,28,31). The molecule has 186 valence electrons. The highest BCUT2D eigenvalue weighted by Gasteiger charge is 2.25. The van der Waals surface area contributed by atoms with Crippen LogP contribution in [-0.4, -0.2) is 48.7 Å². The molecule has 0 bridgehead atoms. The first-order valence-corrected chi connectivity index (χ1v) is 12.2. The molecule has 0 saturated carbocycles. The van der Waals surface area contributed by atoms with Gasteiger partial charge in [-0.25, -0.2) is 0 Å². The molecule has 1 aliphatic heterocycles. The van der Waals surface area contributed by atoms with Gasteiger partial charge in [0.1, 0.15) is 12.4 Å². The lowest BCUT2D eigenvalue weighted by Crippen LogP contribution is -2.49. The number of methoxy groups -OCH3 is 1. The monoisotopic (exact) mass is 469 g/mol. The van der Waals surface area contributed by atoms with E-state index in [1.807, 2.05) is 32.0 Å². The molecule has 1 atom stereocenters. The smallest absolute Gasteiger partial charge is 0.244 e. The first kappa shape index (κ1) is 25.8. The zero-order valence-corrected chi connectivity index (χ0v) is 21.4. The van der Waals surface area contributed by atoms with Gasteiger partial charge in [0.25, 0.3) is 0 Å². The van der Waals surface area contributed by atoms with Gasteiger partial charge >= 0.3 is 0 Å². The normalized spacial score (nSPS) is 16.2. The molecule has 1 aromatic carbocycles. The Morgan fingerprint density at radius 2 is 2.00 bits per heavy atom. The van der Waals surface area contributed by atoms with E-state index in [1.165, 1.54) is 12.8 Å². The van der Waals surface area contributed by atoms with Crippen LogP contribution in [0.15, 0.2) is 28.8 Å². The molecule has 3 rings (SSSR count). The number of benzene rings is 1. The molecular formula is C27H39N3O4. The number of nitrogens with one attached hydrogen (secondary N) is 1. The van der Waals surface area contributed by atoms with Crippen LogP contribution in [0.2, 0.25) is 0 Å². The maximum atomic E-state index is 12.5. The number of hydrogen-bond acceptors (Lipinski definition) is 6. The molecule has 1 saturated heterocycles. The highest BCUT2D eigenvalue weighted by molar-refractivity contribution is 5.91. The van der Waals surface area contributed by atoms with E-state index in [9.17, 15) is 4.79 Å². The predicted octanol–water partition coefficient (Wildman–Crippen LogP) is 4.76. The highest BCUT2D eigenvalue weighted by atomic mass is 16.5. The van der Waals surface area contributed by atoms with Crippen molar-refractivity contribution in [3.8, 4) is 11.5 Å². The second-order valence-corrected chi connectivity index (χ2v) is 9.61. The van der Waals surface area contributed by atoms with Gasteiger partial charge < -0.3 is 19.3 Å². The molecule has 0 aliphatic carbocycles. The lowest BCUT2D eigenvalue weighted by molar-refractivity contribution is -0.116. The van der Waals surface area contributed by atoms with Crippen LogP contribution in [0.5, 0.6) is 11.5 Å². The molecule has 1 aliphatic rings. The van der Waals surface area contributed by atoms with Crippen molar-refractivity contribution in [3.05, 3.63) is 46.9 Å². The Hall–Kier alpha value is -2.80. The summed E-state index contributed by atoms with van der Waals surface area (Å²) < 4.78 is 16.6. The van der Waals surface area contributed by atoms with Crippen molar-refractivity contribution in [2.75, 3.05) is 26.7 Å². The topological polar surface area (TPSA) is 76.8 Å². The number of hydrogen-bond donors (Lipinski definition) is 1. The van der Waals surface area contributed by atoms with E-state index in [0.29, 0.717) is 36.6 Å². The lowest BCUT2D eigenvalue weighted by atomic mass is 9.94. The summed E-state index contributed by atoms with van der Waals surface area (Å²) >= 11 is 0. The Morgan fingerprint density at radius 3 is 2.62 bits per heavy atom. The van der Waals surface area contributed by atoms with Crippen molar-refractivity contribution >= 4 is 12.0 Å². The van der Waals surface area contributed by atoms with Gasteiger partial charge in [-0.15, -0.1) is 0 Å². The summed E-state index contributed by atoms with van der Waals surface area (Å²) in [6, 6.07) is 5.97. The summed E-state index contributed by atoms with van der Waals surface area (Å²) in [6.45, 7) is 13.8. The van der Waals surface area contributed by atoms with Gasteiger partial charge in [0.15, 0.2) is 11.5 Å². The third-order valence-corrected chi connectivity index (χ3v) is 6.71. The molecule has 1 unspecified atom stereocenters. The van der Waals surface area contributed by atoms with E-state index in [4.69, 9.17) is 14.0 Å². The number of carbonyl (C=O) groups excluding carboxylic acids is 1. The average Bonchev–Trinajstić information content (AvgIpc) is 3.14. The van der Waals surface area contributed by atoms with Crippen LogP contribution in [0.25, 0.3) is 6.08 Å². The molecular weight excluding hydrogens is 430 g/mol. The second kappa shape index (κ2) is 12.1. The maximum Gasteiger partial charge on any atom is 0.244 e. The van der Waals surface area contributed by atoms with Gasteiger partial charge in [0.2, 0.25) is 5.91 Å². The SMILES string of the molecule is COc1cc(C=CC(=O)NCC(C(C)C)N2CCC(C)CC2)ccc1OCc1c(C)noc1C. The molecule has 0 radical (unpaired) electrons. The lowest BCUT2D eigenvalue weighted by Gasteiger charge is -2.38. The second-order valence-electron chi connectivity index (χ2n) is 9.61. The molecule has 1 amide bonds. The summed E-state index contributed by atoms with van der Waals surface area (Å²) in [7, 11) is 1.60. The van der Waals surface area contributed by atoms with Gasteiger partial charge in [-0.2, -0.15) is 0 Å². The van der Waals surface area contributed by atoms with E-state index in [2.05, 4.69) is 36.1 Å². The Morgan fingerprint density at radius 1 is 1.26 bits per heavy atom. The average molecular weight is 470 g/mol. The summed E-state index contributed by atoms with van der Waals surface area (Å²) in [5.41, 5.74) is 2.61. The molecule has 7 nitrogen and oxygen atoms in total. The zero-order valence-electron chi connectivity index (χ0n) is 21.4. The van der Waals surface area contributed by atoms with E-state index in [-0.39, 0.29) is 5.91 Å². The Kier molecular flexibility index (Phi) is 9.16.